The molecule has 1 fully saturated rings. The first-order chi connectivity index (χ1) is 13.2. The lowest BCUT2D eigenvalue weighted by Crippen LogP contribution is -2.40. The predicted octanol–water partition coefficient (Wildman–Crippen LogP) is -0.398. The molecule has 29 heavy (non-hydrogen) atoms. The Morgan fingerprint density at radius 1 is 1.28 bits per heavy atom. The molecule has 162 valence electrons. The van der Waals surface area contributed by atoms with Gasteiger partial charge in [0.2, 0.25) is 5.95 Å². The van der Waals surface area contributed by atoms with Crippen LogP contribution in [0.25, 0.3) is 11.2 Å². The Balaban J connectivity index is 2.16. The quantitative estimate of drug-likeness (QED) is 0.482. The number of alkyl halides is 6. The molecule has 0 radical (unpaired) electrons. The van der Waals surface area contributed by atoms with Gasteiger partial charge in [0.1, 0.15) is 12.6 Å². The van der Waals surface area contributed by atoms with E-state index in [2.05, 4.69) is 4.98 Å². The van der Waals surface area contributed by atoms with Gasteiger partial charge in [-0.2, -0.15) is 31.3 Å². The standard InChI is InChI=1S/C13H13F6N5O5/c14-12(15,16)2-23-5-7(21-10(20)22-8(5)27)24(11(23)28)9-3(25)1-4(29-9)6(26)13(17,18)19/h3-4,6,9,25-26H,1-2H2,(H3,20,21,22,27)/t3-,4+,6-,9-/m1/s1. The van der Waals surface area contributed by atoms with E-state index >= 15 is 0 Å². The summed E-state index contributed by atoms with van der Waals surface area (Å²) in [6.07, 6.45) is -19.7. The van der Waals surface area contributed by atoms with Crippen molar-refractivity contribution in [2.24, 2.45) is 0 Å². The second kappa shape index (κ2) is 6.74. The Kier molecular flexibility index (Phi) is 4.91. The van der Waals surface area contributed by atoms with Crippen LogP contribution in [0.15, 0.2) is 9.59 Å². The lowest BCUT2D eigenvalue weighted by molar-refractivity contribution is -0.237. The summed E-state index contributed by atoms with van der Waals surface area (Å²) in [5.74, 6) is -0.597. The molecule has 2 aromatic heterocycles. The molecule has 0 spiro atoms. The van der Waals surface area contributed by atoms with Crippen LogP contribution in [0.1, 0.15) is 12.6 Å². The van der Waals surface area contributed by atoms with Gasteiger partial charge in [0, 0.05) is 6.42 Å². The van der Waals surface area contributed by atoms with Crippen molar-refractivity contribution < 1.29 is 41.3 Å². The SMILES string of the molecule is Nc1nc2c(c(=O)[nH]1)n(CC(F)(F)F)c(=O)n2[C@@H]1O[C@H]([C@@H](O)C(F)(F)F)C[C@H]1O. The van der Waals surface area contributed by atoms with Crippen LogP contribution in [0, 0.1) is 0 Å². The van der Waals surface area contributed by atoms with Crippen LogP contribution in [0.5, 0.6) is 0 Å². The third-order valence-corrected chi connectivity index (χ3v) is 4.23. The number of nitrogens with one attached hydrogen (secondary N) is 1. The highest BCUT2D eigenvalue weighted by Gasteiger charge is 2.50. The van der Waals surface area contributed by atoms with Gasteiger partial charge in [-0.05, 0) is 0 Å². The molecule has 0 bridgehead atoms. The summed E-state index contributed by atoms with van der Waals surface area (Å²) in [7, 11) is 0. The van der Waals surface area contributed by atoms with E-state index in [-0.39, 0.29) is 4.57 Å². The van der Waals surface area contributed by atoms with E-state index in [9.17, 15) is 46.1 Å². The molecule has 0 aliphatic carbocycles. The number of aliphatic hydroxyl groups excluding tert-OH is 2. The van der Waals surface area contributed by atoms with Gasteiger partial charge in [-0.3, -0.25) is 14.3 Å². The number of halogens is 6. The molecular formula is C13H13F6N5O5. The Morgan fingerprint density at radius 2 is 1.90 bits per heavy atom. The average molecular weight is 433 g/mol. The first-order valence-corrected chi connectivity index (χ1v) is 7.86. The molecule has 3 rings (SSSR count). The number of hydrogen-bond acceptors (Lipinski definition) is 7. The fraction of sp³-hybridized carbons (Fsp3) is 0.615. The maximum Gasteiger partial charge on any atom is 0.416 e. The van der Waals surface area contributed by atoms with Crippen LogP contribution in [0.4, 0.5) is 32.3 Å². The Hall–Kier alpha value is -2.59. The van der Waals surface area contributed by atoms with Gasteiger partial charge >= 0.3 is 18.0 Å². The maximum absolute atomic E-state index is 12.9. The number of imidazole rings is 1. The van der Waals surface area contributed by atoms with Crippen LogP contribution < -0.4 is 17.0 Å². The predicted molar refractivity (Wildman–Crippen MR) is 81.7 cm³/mol. The number of aliphatic hydroxyl groups is 2. The molecule has 0 amide bonds. The molecule has 2 aromatic rings. The minimum atomic E-state index is -5.12. The molecule has 1 aliphatic heterocycles. The molecule has 4 atom stereocenters. The normalized spacial score (nSPS) is 24.3. The topological polar surface area (TPSA) is 148 Å². The van der Waals surface area contributed by atoms with E-state index in [1.165, 1.54) is 0 Å². The number of nitrogen functional groups attached to an aromatic ring is 1. The lowest BCUT2D eigenvalue weighted by Gasteiger charge is -2.21. The summed E-state index contributed by atoms with van der Waals surface area (Å²) in [6, 6.07) is 0. The minimum absolute atomic E-state index is 0.00972. The summed E-state index contributed by atoms with van der Waals surface area (Å²) < 4.78 is 81.9. The van der Waals surface area contributed by atoms with Crippen LogP contribution in [-0.4, -0.2) is 60.0 Å². The third-order valence-electron chi connectivity index (χ3n) is 4.23. The highest BCUT2D eigenvalue weighted by molar-refractivity contribution is 5.71. The first-order valence-electron chi connectivity index (χ1n) is 7.86. The molecule has 16 heteroatoms. The number of aromatic nitrogens is 4. The van der Waals surface area contributed by atoms with Gasteiger partial charge in [-0.15, -0.1) is 0 Å². The zero-order valence-electron chi connectivity index (χ0n) is 14.0. The Labute approximate surface area is 155 Å². The summed E-state index contributed by atoms with van der Waals surface area (Å²) in [5.41, 5.74) is 1.01. The first kappa shape index (κ1) is 21.1. The number of H-pyrrole nitrogens is 1. The molecule has 1 saturated heterocycles. The molecule has 5 N–H and O–H groups in total. The van der Waals surface area contributed by atoms with E-state index in [1.54, 1.807) is 0 Å². The van der Waals surface area contributed by atoms with Crippen molar-refractivity contribution in [3.05, 3.63) is 20.8 Å². The third kappa shape index (κ3) is 3.82. The fourth-order valence-electron chi connectivity index (χ4n) is 3.08. The van der Waals surface area contributed by atoms with Crippen molar-refractivity contribution in [1.82, 2.24) is 19.1 Å². The van der Waals surface area contributed by atoms with E-state index in [4.69, 9.17) is 10.5 Å². The van der Waals surface area contributed by atoms with Crippen molar-refractivity contribution in [1.29, 1.82) is 0 Å². The average Bonchev–Trinajstić information content (AvgIpc) is 3.03. The molecule has 0 saturated carbocycles. The fourth-order valence-corrected chi connectivity index (χ4v) is 3.08. The lowest BCUT2D eigenvalue weighted by atomic mass is 10.1. The molecule has 0 unspecified atom stereocenters. The molecular weight excluding hydrogens is 420 g/mol. The van der Waals surface area contributed by atoms with Crippen LogP contribution in [0.3, 0.4) is 0 Å². The number of fused-ring (bicyclic) bond motifs is 1. The van der Waals surface area contributed by atoms with Crippen molar-refractivity contribution >= 4 is 17.1 Å². The maximum atomic E-state index is 12.9. The largest absolute Gasteiger partial charge is 0.416 e. The molecule has 3 heterocycles. The van der Waals surface area contributed by atoms with E-state index in [1.807, 2.05) is 4.98 Å². The summed E-state index contributed by atoms with van der Waals surface area (Å²) in [6.45, 7) is -1.92. The van der Waals surface area contributed by atoms with Gasteiger partial charge < -0.3 is 20.7 Å². The van der Waals surface area contributed by atoms with Crippen LogP contribution >= 0.6 is 0 Å². The highest BCUT2D eigenvalue weighted by Crippen LogP contribution is 2.36. The summed E-state index contributed by atoms with van der Waals surface area (Å²) in [5, 5.41) is 19.4. The van der Waals surface area contributed by atoms with Gasteiger partial charge in [-0.1, -0.05) is 0 Å². The number of nitrogens with zero attached hydrogens (tertiary/aromatic N) is 3. The number of ether oxygens (including phenoxy) is 1. The van der Waals surface area contributed by atoms with E-state index in [0.717, 1.165) is 0 Å². The molecule has 1 aliphatic rings. The second-order valence-corrected chi connectivity index (χ2v) is 6.33. The van der Waals surface area contributed by atoms with Crippen LogP contribution in [-0.2, 0) is 11.3 Å². The number of aromatic amines is 1. The molecule has 0 aromatic carbocycles. The smallest absolute Gasteiger partial charge is 0.388 e. The molecule has 10 nitrogen and oxygen atoms in total. The zero-order chi connectivity index (χ0) is 21.9. The van der Waals surface area contributed by atoms with Crippen molar-refractivity contribution in [3.8, 4) is 0 Å². The number of rotatable bonds is 3. The van der Waals surface area contributed by atoms with Crippen molar-refractivity contribution in [2.45, 2.75) is 49.9 Å². The Bertz CT molecular complexity index is 1040. The minimum Gasteiger partial charge on any atom is -0.388 e. The Morgan fingerprint density at radius 3 is 2.45 bits per heavy atom. The zero-order valence-corrected chi connectivity index (χ0v) is 14.0. The monoisotopic (exact) mass is 433 g/mol. The van der Waals surface area contributed by atoms with Gasteiger partial charge in [0.05, 0.1) is 6.10 Å². The summed E-state index contributed by atoms with van der Waals surface area (Å²) >= 11 is 0. The number of hydrogen-bond donors (Lipinski definition) is 4. The van der Waals surface area contributed by atoms with Gasteiger partial charge in [0.15, 0.2) is 23.5 Å². The highest BCUT2D eigenvalue weighted by atomic mass is 19.4. The van der Waals surface area contributed by atoms with E-state index < -0.39 is 78.2 Å². The van der Waals surface area contributed by atoms with Crippen LogP contribution in [0.2, 0.25) is 0 Å². The number of nitrogens with two attached hydrogens (primary N) is 1. The second-order valence-electron chi connectivity index (χ2n) is 6.33. The van der Waals surface area contributed by atoms with Crippen molar-refractivity contribution in [3.63, 3.8) is 0 Å². The summed E-state index contributed by atoms with van der Waals surface area (Å²) in [4.78, 5) is 30.1. The van der Waals surface area contributed by atoms with Crippen molar-refractivity contribution in [2.75, 3.05) is 5.73 Å². The van der Waals surface area contributed by atoms with Gasteiger partial charge in [-0.25, -0.2) is 9.36 Å². The number of anilines is 1. The van der Waals surface area contributed by atoms with Gasteiger partial charge in [0.25, 0.3) is 5.56 Å². The van der Waals surface area contributed by atoms with E-state index in [0.29, 0.717) is 4.57 Å².